The van der Waals surface area contributed by atoms with Crippen LogP contribution in [-0.2, 0) is 36.3 Å². The Bertz CT molecular complexity index is 1070. The maximum Gasteiger partial charge on any atom is 0.192 e. The third-order valence-corrected chi connectivity index (χ3v) is 18.4. The molecule has 0 saturated heterocycles. The van der Waals surface area contributed by atoms with Gasteiger partial charge in [0.15, 0.2) is 16.6 Å². The Balaban J connectivity index is 0.000000480. The van der Waals surface area contributed by atoms with Gasteiger partial charge in [0.05, 0.1) is 39.6 Å². The molecular formula is C39H66O7Si2. The van der Waals surface area contributed by atoms with E-state index in [1.807, 2.05) is 54.6 Å². The number of carbonyl (C=O) groups is 1. The average Bonchev–Trinajstić information content (AvgIpc) is 3.01. The van der Waals surface area contributed by atoms with Gasteiger partial charge in [-0.3, -0.25) is 0 Å². The molecule has 0 radical (unpaired) electrons. The highest BCUT2D eigenvalue weighted by atomic mass is 28.4. The third kappa shape index (κ3) is 16.4. The van der Waals surface area contributed by atoms with E-state index in [1.165, 1.54) is 0 Å². The summed E-state index contributed by atoms with van der Waals surface area (Å²) in [6.45, 7) is 28.7. The van der Waals surface area contributed by atoms with Gasteiger partial charge in [0, 0.05) is 19.6 Å². The maximum atomic E-state index is 10.9. The molecule has 2 atom stereocenters. The van der Waals surface area contributed by atoms with Crippen LogP contribution < -0.4 is 9.47 Å². The molecule has 272 valence electrons. The summed E-state index contributed by atoms with van der Waals surface area (Å²) in [5.74, 6) is 1.71. The van der Waals surface area contributed by atoms with Gasteiger partial charge in [-0.1, -0.05) is 71.9 Å². The normalized spacial score (nSPS) is 13.6. The molecule has 7 nitrogen and oxygen atoms in total. The fourth-order valence-corrected chi connectivity index (χ4v) is 6.98. The first-order valence-corrected chi connectivity index (χ1v) is 23.0. The number of benzene rings is 2. The molecule has 0 spiro atoms. The van der Waals surface area contributed by atoms with Crippen molar-refractivity contribution in [3.05, 3.63) is 72.3 Å². The van der Waals surface area contributed by atoms with Crippen molar-refractivity contribution in [2.45, 2.75) is 129 Å². The van der Waals surface area contributed by atoms with Crippen LogP contribution in [0.4, 0.5) is 0 Å². The molecule has 0 saturated carbocycles. The minimum atomic E-state index is -1.87. The van der Waals surface area contributed by atoms with Crippen molar-refractivity contribution in [1.82, 2.24) is 0 Å². The highest BCUT2D eigenvalue weighted by Gasteiger charge is 2.39. The average molecular weight is 703 g/mol. The van der Waals surface area contributed by atoms with Crippen LogP contribution in [0.5, 0.6) is 11.5 Å². The van der Waals surface area contributed by atoms with Crippen molar-refractivity contribution < 1.29 is 32.6 Å². The smallest absolute Gasteiger partial charge is 0.192 e. The predicted octanol–water partition coefficient (Wildman–Crippen LogP) is 10.1. The molecule has 0 fully saturated rings. The van der Waals surface area contributed by atoms with Crippen LogP contribution in [0.25, 0.3) is 0 Å². The molecule has 0 heterocycles. The maximum absolute atomic E-state index is 10.9. The molecular weight excluding hydrogens is 637 g/mol. The van der Waals surface area contributed by atoms with E-state index in [2.05, 4.69) is 74.3 Å². The Morgan fingerprint density at radius 1 is 0.646 bits per heavy atom. The summed E-state index contributed by atoms with van der Waals surface area (Å²) in [5.41, 5.74) is 2.26. The molecule has 0 aliphatic rings. The zero-order valence-corrected chi connectivity index (χ0v) is 34.1. The van der Waals surface area contributed by atoms with Gasteiger partial charge in [0.25, 0.3) is 0 Å². The number of aldehydes is 1. The van der Waals surface area contributed by atoms with Crippen molar-refractivity contribution in [1.29, 1.82) is 0 Å². The van der Waals surface area contributed by atoms with E-state index in [-0.39, 0.29) is 22.3 Å². The van der Waals surface area contributed by atoms with E-state index in [4.69, 9.17) is 27.8 Å². The molecule has 0 amide bonds. The lowest BCUT2D eigenvalue weighted by atomic mass is 10.2. The summed E-state index contributed by atoms with van der Waals surface area (Å²) in [6.07, 6.45) is 5.97. The molecule has 0 N–H and O–H groups in total. The molecule has 0 aliphatic carbocycles. The van der Waals surface area contributed by atoms with E-state index < -0.39 is 16.6 Å². The van der Waals surface area contributed by atoms with Crippen molar-refractivity contribution >= 4 is 22.9 Å². The van der Waals surface area contributed by atoms with E-state index in [9.17, 15) is 4.79 Å². The lowest BCUT2D eigenvalue weighted by Gasteiger charge is -2.39. The van der Waals surface area contributed by atoms with Crippen LogP contribution in [-0.4, -0.2) is 62.6 Å². The Labute approximate surface area is 295 Å². The summed E-state index contributed by atoms with van der Waals surface area (Å²) in [5, 5.41) is 0.356. The molecule has 0 aliphatic heterocycles. The molecule has 0 unspecified atom stereocenters. The zero-order valence-electron chi connectivity index (χ0n) is 32.1. The number of ether oxygens (including phenoxy) is 4. The molecule has 2 rings (SSSR count). The number of hydrogen-bond donors (Lipinski definition) is 0. The fraction of sp³-hybridized carbons (Fsp3) is 0.615. The standard InChI is InChI=1S/C20H34O3Si.C19H32O4Si/c1-8-9-19(23-24(6,7)20(2,3)4)14-15-22-16-17-10-12-18(21-5)13-11-17;1-19(2,3)24(5,6)23-18(11-13-20)12-14-22-15-16-7-9-17(21-4)10-8-16/h8,10-13,19H,1,9,14-16H2,2-7H3;7-10,13,18H,11-12,14-15H2,1-6H3/t19-;18-/m00/s1. The first-order chi connectivity index (χ1) is 22.4. The van der Waals surface area contributed by atoms with Crippen molar-refractivity contribution in [2.75, 3.05) is 27.4 Å². The lowest BCUT2D eigenvalue weighted by Crippen LogP contribution is -2.44. The number of rotatable bonds is 20. The Morgan fingerprint density at radius 2 is 1.00 bits per heavy atom. The third-order valence-electron chi connectivity index (χ3n) is 9.35. The van der Waals surface area contributed by atoms with E-state index in [1.54, 1.807) is 14.2 Å². The predicted molar refractivity (Wildman–Crippen MR) is 204 cm³/mol. The van der Waals surface area contributed by atoms with Crippen LogP contribution in [0.3, 0.4) is 0 Å². The van der Waals surface area contributed by atoms with Gasteiger partial charge in [-0.25, -0.2) is 0 Å². The summed E-state index contributed by atoms with van der Waals surface area (Å²) < 4.78 is 34.7. The van der Waals surface area contributed by atoms with Crippen LogP contribution in [0.1, 0.15) is 78.4 Å². The van der Waals surface area contributed by atoms with Crippen LogP contribution in [0.2, 0.25) is 36.3 Å². The Kier molecular flexibility index (Phi) is 19.2. The second kappa shape index (κ2) is 21.1. The molecule has 2 aromatic carbocycles. The minimum Gasteiger partial charge on any atom is -0.497 e. The van der Waals surface area contributed by atoms with Gasteiger partial charge in [0.1, 0.15) is 17.8 Å². The monoisotopic (exact) mass is 702 g/mol. The highest BCUT2D eigenvalue weighted by Crippen LogP contribution is 2.39. The van der Waals surface area contributed by atoms with Gasteiger partial charge in [-0.05, 0) is 90.9 Å². The topological polar surface area (TPSA) is 72.5 Å². The quantitative estimate of drug-likeness (QED) is 0.0589. The molecule has 48 heavy (non-hydrogen) atoms. The summed E-state index contributed by atoms with van der Waals surface area (Å²) in [4.78, 5) is 10.9. The van der Waals surface area contributed by atoms with Gasteiger partial charge < -0.3 is 32.6 Å². The SMILES string of the molecule is C=CC[C@@H](CCOCc1ccc(OC)cc1)O[Si](C)(C)C(C)(C)C.COc1ccc(COCC[C@H](CC=O)O[Si](C)(C)C(C)(C)C)cc1. The molecule has 0 bridgehead atoms. The minimum absolute atomic E-state index is 0.0562. The van der Waals surface area contributed by atoms with Crippen LogP contribution in [0, 0.1) is 0 Å². The fourth-order valence-electron chi connectivity index (χ4n) is 4.18. The van der Waals surface area contributed by atoms with Crippen LogP contribution in [0.15, 0.2) is 61.2 Å². The van der Waals surface area contributed by atoms with Gasteiger partial charge >= 0.3 is 0 Å². The van der Waals surface area contributed by atoms with Gasteiger partial charge in [0.2, 0.25) is 0 Å². The molecule has 2 aromatic rings. The number of methoxy groups -OCH3 is 2. The molecule has 0 aromatic heterocycles. The number of hydrogen-bond acceptors (Lipinski definition) is 7. The van der Waals surface area contributed by atoms with Crippen LogP contribution >= 0.6 is 0 Å². The second-order valence-corrected chi connectivity index (χ2v) is 24.8. The highest BCUT2D eigenvalue weighted by molar-refractivity contribution is 6.74. The van der Waals surface area contributed by atoms with Gasteiger partial charge in [-0.15, -0.1) is 6.58 Å². The van der Waals surface area contributed by atoms with E-state index >= 15 is 0 Å². The first kappa shape index (κ1) is 43.7. The van der Waals surface area contributed by atoms with Crippen molar-refractivity contribution in [3.63, 3.8) is 0 Å². The van der Waals surface area contributed by atoms with Crippen molar-refractivity contribution in [3.8, 4) is 11.5 Å². The summed E-state index contributed by atoms with van der Waals surface area (Å²) in [7, 11) is -0.297. The lowest BCUT2D eigenvalue weighted by molar-refractivity contribution is -0.109. The van der Waals surface area contributed by atoms with Gasteiger partial charge in [-0.2, -0.15) is 0 Å². The second-order valence-electron chi connectivity index (χ2n) is 15.3. The van der Waals surface area contributed by atoms with E-state index in [0.717, 1.165) is 48.2 Å². The Hall–Kier alpha value is -2.28. The van der Waals surface area contributed by atoms with E-state index in [0.29, 0.717) is 32.8 Å². The Morgan fingerprint density at radius 3 is 1.29 bits per heavy atom. The van der Waals surface area contributed by atoms with Crippen molar-refractivity contribution in [2.24, 2.45) is 0 Å². The summed E-state index contributed by atoms with van der Waals surface area (Å²) in [6, 6.07) is 15.8. The first-order valence-electron chi connectivity index (χ1n) is 17.2. The largest absolute Gasteiger partial charge is 0.497 e. The zero-order chi connectivity index (χ0) is 36.4. The summed E-state index contributed by atoms with van der Waals surface area (Å²) >= 11 is 0. The number of carbonyl (C=O) groups excluding carboxylic acids is 1. The molecule has 9 heteroatoms.